The summed E-state index contributed by atoms with van der Waals surface area (Å²) >= 11 is 0. The van der Waals surface area contributed by atoms with E-state index in [0.29, 0.717) is 17.6 Å². The van der Waals surface area contributed by atoms with Gasteiger partial charge in [0.2, 0.25) is 0 Å². The molecule has 1 amide bonds. The van der Waals surface area contributed by atoms with E-state index in [1.165, 1.54) is 0 Å². The fourth-order valence-corrected chi connectivity index (χ4v) is 3.35. The van der Waals surface area contributed by atoms with Crippen molar-refractivity contribution in [3.8, 4) is 0 Å². The van der Waals surface area contributed by atoms with Crippen LogP contribution in [0.1, 0.15) is 40.9 Å². The van der Waals surface area contributed by atoms with Gasteiger partial charge in [0, 0.05) is 12.1 Å². The minimum Gasteiger partial charge on any atom is -0.408 e. The minimum atomic E-state index is -0.465. The zero-order valence-electron chi connectivity index (χ0n) is 12.7. The lowest BCUT2D eigenvalue weighted by Crippen LogP contribution is -2.27. The first kappa shape index (κ1) is 13.8. The van der Waals surface area contributed by atoms with Crippen molar-refractivity contribution in [3.63, 3.8) is 0 Å². The summed E-state index contributed by atoms with van der Waals surface area (Å²) in [5.41, 5.74) is 4.01. The highest BCUT2D eigenvalue weighted by molar-refractivity contribution is 5.99. The van der Waals surface area contributed by atoms with Crippen molar-refractivity contribution in [1.82, 2.24) is 9.88 Å². The molecule has 2 heterocycles. The summed E-state index contributed by atoms with van der Waals surface area (Å²) in [6.45, 7) is 2.58. The molecule has 1 aliphatic rings. The van der Waals surface area contributed by atoms with E-state index in [1.807, 2.05) is 47.4 Å². The van der Waals surface area contributed by atoms with E-state index >= 15 is 0 Å². The van der Waals surface area contributed by atoms with Crippen molar-refractivity contribution in [1.29, 1.82) is 0 Å². The van der Waals surface area contributed by atoms with Gasteiger partial charge in [-0.2, -0.15) is 0 Å². The number of nitrogens with one attached hydrogen (secondary N) is 1. The van der Waals surface area contributed by atoms with Crippen molar-refractivity contribution in [3.05, 3.63) is 69.7 Å². The average Bonchev–Trinajstić information content (AvgIpc) is 3.05. The molecule has 1 N–H and O–H groups in total. The van der Waals surface area contributed by atoms with Gasteiger partial charge in [-0.15, -0.1) is 0 Å². The lowest BCUT2D eigenvalue weighted by molar-refractivity contribution is 0.0706. The molecule has 5 heteroatoms. The van der Waals surface area contributed by atoms with Crippen LogP contribution < -0.4 is 5.76 Å². The second kappa shape index (κ2) is 5.12. The molecule has 116 valence electrons. The third-order valence-electron chi connectivity index (χ3n) is 4.41. The smallest absolute Gasteiger partial charge is 0.408 e. The van der Waals surface area contributed by atoms with E-state index in [2.05, 4.69) is 11.9 Å². The number of amides is 1. The van der Waals surface area contributed by atoms with Crippen molar-refractivity contribution < 1.29 is 9.21 Å². The van der Waals surface area contributed by atoms with Gasteiger partial charge in [0.15, 0.2) is 5.58 Å². The van der Waals surface area contributed by atoms with Crippen LogP contribution in [-0.4, -0.2) is 15.8 Å². The van der Waals surface area contributed by atoms with Gasteiger partial charge in [0.1, 0.15) is 0 Å². The molecule has 1 atom stereocenters. The predicted octanol–water partition coefficient (Wildman–Crippen LogP) is 3.23. The Morgan fingerprint density at radius 2 is 2.00 bits per heavy atom. The number of carbonyl (C=O) groups excluding carboxylic acids is 1. The number of oxazole rings is 1. The Bertz CT molecular complexity index is 954. The summed E-state index contributed by atoms with van der Waals surface area (Å²) in [4.78, 5) is 28.4. The summed E-state index contributed by atoms with van der Waals surface area (Å²) in [5, 5.41) is 0. The summed E-state index contributed by atoms with van der Waals surface area (Å²) in [7, 11) is 0. The maximum atomic E-state index is 12.7. The number of fused-ring (bicyclic) bond motifs is 2. The molecule has 0 saturated carbocycles. The van der Waals surface area contributed by atoms with Crippen LogP contribution in [0.2, 0.25) is 0 Å². The third kappa shape index (κ3) is 2.16. The van der Waals surface area contributed by atoms with Crippen LogP contribution in [0.25, 0.3) is 11.1 Å². The Labute approximate surface area is 132 Å². The SMILES string of the molecule is CCC1c2ccccc2C(=O)N1Cc1ccc2[nH]c(=O)oc2c1. The first-order valence-electron chi connectivity index (χ1n) is 7.69. The van der Waals surface area contributed by atoms with Gasteiger partial charge < -0.3 is 9.32 Å². The molecule has 1 aliphatic heterocycles. The normalized spacial score (nSPS) is 17.0. The zero-order chi connectivity index (χ0) is 16.0. The van der Waals surface area contributed by atoms with E-state index in [1.54, 1.807) is 0 Å². The molecule has 0 saturated heterocycles. The Morgan fingerprint density at radius 3 is 2.83 bits per heavy atom. The number of carbonyl (C=O) groups is 1. The molecule has 3 aromatic rings. The molecule has 0 spiro atoms. The molecule has 4 rings (SSSR count). The number of nitrogens with zero attached hydrogens (tertiary/aromatic N) is 1. The fraction of sp³-hybridized carbons (Fsp3) is 0.222. The van der Waals surface area contributed by atoms with Crippen molar-refractivity contribution >= 4 is 17.0 Å². The number of hydrogen-bond acceptors (Lipinski definition) is 3. The van der Waals surface area contributed by atoms with Crippen LogP contribution in [0.5, 0.6) is 0 Å². The topological polar surface area (TPSA) is 66.3 Å². The highest BCUT2D eigenvalue weighted by atomic mass is 16.4. The van der Waals surface area contributed by atoms with Crippen molar-refractivity contribution in [2.45, 2.75) is 25.9 Å². The summed E-state index contributed by atoms with van der Waals surface area (Å²) in [5.74, 6) is -0.406. The first-order valence-corrected chi connectivity index (χ1v) is 7.69. The van der Waals surface area contributed by atoms with Crippen LogP contribution in [0.3, 0.4) is 0 Å². The van der Waals surface area contributed by atoms with Gasteiger partial charge in [0.05, 0.1) is 11.6 Å². The highest BCUT2D eigenvalue weighted by Gasteiger charge is 2.35. The number of H-pyrrole nitrogens is 1. The molecule has 23 heavy (non-hydrogen) atoms. The molecule has 5 nitrogen and oxygen atoms in total. The number of aromatic nitrogens is 1. The summed E-state index contributed by atoms with van der Waals surface area (Å²) < 4.78 is 5.10. The highest BCUT2D eigenvalue weighted by Crippen LogP contribution is 2.36. The van der Waals surface area contributed by atoms with E-state index in [9.17, 15) is 9.59 Å². The third-order valence-corrected chi connectivity index (χ3v) is 4.41. The second-order valence-electron chi connectivity index (χ2n) is 5.79. The van der Waals surface area contributed by atoms with E-state index in [4.69, 9.17) is 4.42 Å². The fourth-order valence-electron chi connectivity index (χ4n) is 3.35. The minimum absolute atomic E-state index is 0.0584. The van der Waals surface area contributed by atoms with Gasteiger partial charge in [0.25, 0.3) is 5.91 Å². The molecule has 0 radical (unpaired) electrons. The quantitative estimate of drug-likeness (QED) is 0.808. The zero-order valence-corrected chi connectivity index (χ0v) is 12.7. The standard InChI is InChI=1S/C18H16N2O3/c1-2-15-12-5-3-4-6-13(12)17(21)20(15)10-11-7-8-14-16(9-11)23-18(22)19-14/h3-9,15H,2,10H2,1H3,(H,19,22). The second-order valence-corrected chi connectivity index (χ2v) is 5.79. The molecule has 1 aromatic heterocycles. The van der Waals surface area contributed by atoms with E-state index < -0.39 is 5.76 Å². The van der Waals surface area contributed by atoms with Crippen LogP contribution in [0.4, 0.5) is 0 Å². The van der Waals surface area contributed by atoms with Crippen molar-refractivity contribution in [2.24, 2.45) is 0 Å². The van der Waals surface area contributed by atoms with Gasteiger partial charge in [-0.25, -0.2) is 4.79 Å². The molecule has 0 aliphatic carbocycles. The summed E-state index contributed by atoms with van der Waals surface area (Å²) in [6, 6.07) is 13.4. The Kier molecular flexibility index (Phi) is 3.08. The van der Waals surface area contributed by atoms with Gasteiger partial charge >= 0.3 is 5.76 Å². The van der Waals surface area contributed by atoms with Gasteiger partial charge in [-0.3, -0.25) is 9.78 Å². The van der Waals surface area contributed by atoms with Crippen LogP contribution in [-0.2, 0) is 6.54 Å². The van der Waals surface area contributed by atoms with E-state index in [0.717, 1.165) is 23.1 Å². The van der Waals surface area contributed by atoms with Gasteiger partial charge in [-0.05, 0) is 35.7 Å². The average molecular weight is 308 g/mol. The molecule has 0 fully saturated rings. The lowest BCUT2D eigenvalue weighted by atomic mass is 10.0. The Balaban J connectivity index is 1.69. The van der Waals surface area contributed by atoms with E-state index in [-0.39, 0.29) is 11.9 Å². The number of aromatic amines is 1. The molecule has 0 bridgehead atoms. The number of benzene rings is 2. The van der Waals surface area contributed by atoms with Gasteiger partial charge in [-0.1, -0.05) is 31.2 Å². The maximum absolute atomic E-state index is 12.7. The lowest BCUT2D eigenvalue weighted by Gasteiger charge is -2.24. The Hall–Kier alpha value is -2.82. The largest absolute Gasteiger partial charge is 0.417 e. The predicted molar refractivity (Wildman–Crippen MR) is 86.2 cm³/mol. The Morgan fingerprint density at radius 1 is 1.17 bits per heavy atom. The van der Waals surface area contributed by atoms with Crippen molar-refractivity contribution in [2.75, 3.05) is 0 Å². The molecule has 1 unspecified atom stereocenters. The summed E-state index contributed by atoms with van der Waals surface area (Å²) in [6.07, 6.45) is 0.865. The molecular formula is C18H16N2O3. The molecule has 2 aromatic carbocycles. The first-order chi connectivity index (χ1) is 11.2. The number of hydrogen-bond donors (Lipinski definition) is 1. The van der Waals surface area contributed by atoms with Crippen LogP contribution in [0, 0.1) is 0 Å². The number of rotatable bonds is 3. The van der Waals surface area contributed by atoms with Crippen LogP contribution in [0.15, 0.2) is 51.7 Å². The maximum Gasteiger partial charge on any atom is 0.417 e. The van der Waals surface area contributed by atoms with Crippen LogP contribution >= 0.6 is 0 Å². The monoisotopic (exact) mass is 308 g/mol. The molecular weight excluding hydrogens is 292 g/mol.